The van der Waals surface area contributed by atoms with Gasteiger partial charge >= 0.3 is 46.7 Å². The summed E-state index contributed by atoms with van der Waals surface area (Å²) in [6.45, 7) is 2.49. The largest absolute Gasteiger partial charge is 1.00 e. The van der Waals surface area contributed by atoms with Gasteiger partial charge in [-0.2, -0.15) is 11.5 Å². The van der Waals surface area contributed by atoms with Crippen LogP contribution in [0.15, 0.2) is 0 Å². The first-order valence-electron chi connectivity index (χ1n) is 4.27. The molecule has 0 aromatic heterocycles. The van der Waals surface area contributed by atoms with E-state index in [2.05, 4.69) is 32.2 Å². The summed E-state index contributed by atoms with van der Waals surface area (Å²) in [6, 6.07) is 0. The monoisotopic (exact) mass is 366 g/mol. The summed E-state index contributed by atoms with van der Waals surface area (Å²) in [4.78, 5) is 0. The third-order valence-electron chi connectivity index (χ3n) is 0.713. The van der Waals surface area contributed by atoms with Gasteiger partial charge in [0.1, 0.15) is 0 Å². The summed E-state index contributed by atoms with van der Waals surface area (Å²) in [5.74, 6) is 0.917. The molecule has 14 heavy (non-hydrogen) atoms. The van der Waals surface area contributed by atoms with Crippen LogP contribution < -0.4 is 12.4 Å². The Bertz CT molecular complexity index is 54.6. The second-order valence-electron chi connectivity index (χ2n) is 1.96. The Morgan fingerprint density at radius 3 is 1.36 bits per heavy atom. The molecule has 0 radical (unpaired) electrons. The molecule has 0 bridgehead atoms. The van der Waals surface area contributed by atoms with Crippen molar-refractivity contribution in [1.82, 2.24) is 0 Å². The number of rotatable bonds is 4. The Labute approximate surface area is 119 Å². The summed E-state index contributed by atoms with van der Waals surface area (Å²) in [5, 5.41) is 15.5. The van der Waals surface area contributed by atoms with Crippen LogP contribution in [0.25, 0.3) is 0 Å². The SMILES string of the molecule is CCC[CH2][Sn+3].OCC[S-].OCC[S-].[Cl-]. The minimum absolute atomic E-state index is 0. The van der Waals surface area contributed by atoms with Crippen LogP contribution in [0.5, 0.6) is 0 Å². The van der Waals surface area contributed by atoms with Crippen LogP contribution in [-0.2, 0) is 25.3 Å². The zero-order chi connectivity index (χ0) is 10.9. The second kappa shape index (κ2) is 36.4. The molecule has 0 aliphatic heterocycles. The molecule has 0 spiro atoms. The Balaban J connectivity index is -0.0000000522. The molecule has 86 valence electrons. The van der Waals surface area contributed by atoms with Gasteiger partial charge in [-0.1, -0.05) is 0 Å². The number of unbranched alkanes of at least 4 members (excludes halogenated alkanes) is 1. The Hall–Kier alpha value is 1.71. The first-order valence-corrected chi connectivity index (χ1v) is 7.44. The fourth-order valence-electron chi connectivity index (χ4n) is 0.177. The third kappa shape index (κ3) is 67.9. The van der Waals surface area contributed by atoms with E-state index in [1.54, 1.807) is 22.5 Å². The molecular weight excluding hydrogens is 346 g/mol. The topological polar surface area (TPSA) is 40.5 Å². The van der Waals surface area contributed by atoms with Gasteiger partial charge in [0.25, 0.3) is 0 Å². The molecule has 6 heteroatoms. The quantitative estimate of drug-likeness (QED) is 0.425. The van der Waals surface area contributed by atoms with Crippen LogP contribution in [0.4, 0.5) is 0 Å². The maximum absolute atomic E-state index is 7.77. The Kier molecular flexibility index (Phi) is 64.5. The molecule has 0 amide bonds. The van der Waals surface area contributed by atoms with E-state index in [9.17, 15) is 0 Å². The van der Waals surface area contributed by atoms with Gasteiger partial charge in [-0.15, -0.1) is 0 Å². The van der Waals surface area contributed by atoms with Crippen molar-refractivity contribution in [2.75, 3.05) is 24.7 Å². The molecule has 0 atom stereocenters. The van der Waals surface area contributed by atoms with Gasteiger partial charge in [0, 0.05) is 13.2 Å². The fraction of sp³-hybridized carbons (Fsp3) is 1.00. The molecule has 0 aliphatic rings. The van der Waals surface area contributed by atoms with Gasteiger partial charge in [0.05, 0.1) is 0 Å². The number of hydrogen-bond donors (Lipinski definition) is 2. The summed E-state index contributed by atoms with van der Waals surface area (Å²) >= 11 is 10.3. The second-order valence-corrected chi connectivity index (χ2v) is 4.20. The average Bonchev–Trinajstić information content (AvgIpc) is 2.20. The molecule has 2 nitrogen and oxygen atoms in total. The fourth-order valence-corrected chi connectivity index (χ4v) is 1.19. The van der Waals surface area contributed by atoms with E-state index in [-0.39, 0.29) is 25.6 Å². The normalized spacial score (nSPS) is 7.36. The van der Waals surface area contributed by atoms with Crippen LogP contribution in [-0.4, -0.2) is 57.5 Å². The molecule has 0 fully saturated rings. The van der Waals surface area contributed by atoms with Gasteiger partial charge in [0.2, 0.25) is 0 Å². The molecule has 0 aliphatic carbocycles. The zero-order valence-electron chi connectivity index (χ0n) is 8.54. The third-order valence-corrected chi connectivity index (χ3v) is 2.09. The van der Waals surface area contributed by atoms with Crippen LogP contribution in [0, 0.1) is 0 Å². The van der Waals surface area contributed by atoms with E-state index < -0.39 is 0 Å². The first-order chi connectivity index (χ1) is 6.24. The van der Waals surface area contributed by atoms with Gasteiger partial charge in [-0.25, -0.2) is 0 Å². The maximum atomic E-state index is 7.77. The van der Waals surface area contributed by atoms with Crippen LogP contribution in [0.3, 0.4) is 0 Å². The van der Waals surface area contributed by atoms with Gasteiger partial charge in [-0.3, -0.25) is 0 Å². The predicted octanol–water partition coefficient (Wildman–Crippen LogP) is -2.57. The van der Waals surface area contributed by atoms with E-state index in [1.165, 1.54) is 17.3 Å². The van der Waals surface area contributed by atoms with Crippen molar-refractivity contribution in [1.29, 1.82) is 0 Å². The van der Waals surface area contributed by atoms with Crippen LogP contribution >= 0.6 is 0 Å². The van der Waals surface area contributed by atoms with E-state index in [4.69, 9.17) is 10.2 Å². The molecular formula is C8H19ClO2S2Sn. The molecule has 0 rings (SSSR count). The molecule has 0 heterocycles. The molecule has 0 saturated carbocycles. The Morgan fingerprint density at radius 2 is 1.36 bits per heavy atom. The molecule has 0 aromatic carbocycles. The minimum atomic E-state index is 0. The van der Waals surface area contributed by atoms with Gasteiger partial charge in [0.15, 0.2) is 0 Å². The smallest absolute Gasteiger partial charge is 0.0213 e. The summed E-state index contributed by atoms with van der Waals surface area (Å²) in [6.07, 6.45) is 2.80. The summed E-state index contributed by atoms with van der Waals surface area (Å²) in [5.41, 5.74) is 0. The minimum Gasteiger partial charge on any atom is -1.00 e. The number of halogens is 1. The van der Waals surface area contributed by atoms with Crippen molar-refractivity contribution in [2.45, 2.75) is 24.2 Å². The van der Waals surface area contributed by atoms with Crippen molar-refractivity contribution in [3.8, 4) is 0 Å². The standard InChI is InChI=1S/C4H9.2C2H6OS.ClH.Sn/c1-3-4-2;2*3-1-2-4;;/h1,3-4H2,2H3;2*3-4H,1-2H2;1H;/q;;;;+3/p-3. The number of aliphatic hydroxyl groups is 2. The molecule has 0 unspecified atom stereocenters. The zero-order valence-corrected chi connectivity index (χ0v) is 13.8. The van der Waals surface area contributed by atoms with Crippen molar-refractivity contribution >= 4 is 47.8 Å². The van der Waals surface area contributed by atoms with Gasteiger partial charge in [-0.05, 0) is 0 Å². The van der Waals surface area contributed by atoms with Crippen molar-refractivity contribution in [3.63, 3.8) is 0 Å². The van der Waals surface area contributed by atoms with Crippen LogP contribution in [0.1, 0.15) is 19.8 Å². The van der Waals surface area contributed by atoms with Crippen molar-refractivity contribution in [2.24, 2.45) is 0 Å². The van der Waals surface area contributed by atoms with E-state index >= 15 is 0 Å². The van der Waals surface area contributed by atoms with Gasteiger partial charge < -0.3 is 47.9 Å². The van der Waals surface area contributed by atoms with E-state index in [0.717, 1.165) is 0 Å². The molecule has 0 saturated heterocycles. The first kappa shape index (κ1) is 24.8. The average molecular weight is 366 g/mol. The maximum Gasteiger partial charge on any atom is 0.0213 e. The van der Waals surface area contributed by atoms with Crippen LogP contribution in [0.2, 0.25) is 4.44 Å². The number of aliphatic hydroxyl groups excluding tert-OH is 2. The van der Waals surface area contributed by atoms with E-state index in [1.807, 2.05) is 0 Å². The molecule has 0 aromatic rings. The number of hydrogen-bond acceptors (Lipinski definition) is 4. The summed E-state index contributed by atoms with van der Waals surface area (Å²) in [7, 11) is 0. The Morgan fingerprint density at radius 1 is 1.07 bits per heavy atom. The molecule has 2 N–H and O–H groups in total. The van der Waals surface area contributed by atoms with Crippen molar-refractivity contribution in [3.05, 3.63) is 0 Å². The van der Waals surface area contributed by atoms with E-state index in [0.29, 0.717) is 11.5 Å². The van der Waals surface area contributed by atoms with Crippen molar-refractivity contribution < 1.29 is 22.6 Å². The summed E-state index contributed by atoms with van der Waals surface area (Å²) < 4.78 is 1.43. The predicted molar refractivity (Wildman–Crippen MR) is 64.1 cm³/mol.